The molecule has 10 heteroatoms. The van der Waals surface area contributed by atoms with Crippen molar-refractivity contribution in [2.45, 2.75) is 32.2 Å². The number of rotatable bonds is 8. The molecule has 1 aliphatic rings. The number of anilines is 1. The first kappa shape index (κ1) is 24.2. The third kappa shape index (κ3) is 5.59. The van der Waals surface area contributed by atoms with Gasteiger partial charge in [-0.1, -0.05) is 12.5 Å². The second-order valence-electron chi connectivity index (χ2n) is 8.51. The van der Waals surface area contributed by atoms with Gasteiger partial charge in [0.1, 0.15) is 5.82 Å². The van der Waals surface area contributed by atoms with Crippen LogP contribution in [0.25, 0.3) is 10.9 Å². The van der Waals surface area contributed by atoms with Gasteiger partial charge in [-0.05, 0) is 43.2 Å². The SMILES string of the molecule is COC(=O)c1ccc2c(=O)n(CCCCCC(=O)N3CCN(c4ccccn4)CC3)c(=O)[nH]c2c1. The van der Waals surface area contributed by atoms with Crippen molar-refractivity contribution in [1.82, 2.24) is 19.4 Å². The number of carbonyl (C=O) groups is 2. The largest absolute Gasteiger partial charge is 0.465 e. The molecule has 184 valence electrons. The Hall–Kier alpha value is -3.95. The van der Waals surface area contributed by atoms with Gasteiger partial charge in [-0.25, -0.2) is 14.6 Å². The Morgan fingerprint density at radius 3 is 2.54 bits per heavy atom. The molecule has 1 N–H and O–H groups in total. The zero-order chi connectivity index (χ0) is 24.8. The summed E-state index contributed by atoms with van der Waals surface area (Å²) in [7, 11) is 1.27. The van der Waals surface area contributed by atoms with Crippen LogP contribution in [0.5, 0.6) is 0 Å². The van der Waals surface area contributed by atoms with Crippen LogP contribution in [-0.2, 0) is 16.1 Å². The monoisotopic (exact) mass is 479 g/mol. The van der Waals surface area contributed by atoms with Crippen molar-refractivity contribution >= 4 is 28.6 Å². The molecule has 1 fully saturated rings. The second-order valence-corrected chi connectivity index (χ2v) is 8.51. The smallest absolute Gasteiger partial charge is 0.337 e. The van der Waals surface area contributed by atoms with Crippen LogP contribution in [-0.4, -0.2) is 64.6 Å². The van der Waals surface area contributed by atoms with Crippen LogP contribution >= 0.6 is 0 Å². The minimum atomic E-state index is -0.540. The fraction of sp³-hybridized carbons (Fsp3) is 0.400. The van der Waals surface area contributed by atoms with Crippen molar-refractivity contribution in [3.8, 4) is 0 Å². The standard InChI is InChI=1S/C25H29N5O5/c1-35-24(33)18-9-10-19-20(17-18)27-25(34)30(23(19)32)12-6-2-3-8-22(31)29-15-13-28(14-16-29)21-7-4-5-11-26-21/h4-5,7,9-11,17H,2-3,6,8,12-16H2,1H3,(H,27,34). The van der Waals surface area contributed by atoms with Crippen LogP contribution in [0.4, 0.5) is 5.82 Å². The highest BCUT2D eigenvalue weighted by molar-refractivity contribution is 5.93. The Kier molecular flexibility index (Phi) is 7.59. The van der Waals surface area contributed by atoms with Gasteiger partial charge in [0.15, 0.2) is 0 Å². The quantitative estimate of drug-likeness (QED) is 0.387. The number of piperazine rings is 1. The molecule has 0 aliphatic carbocycles. The molecule has 10 nitrogen and oxygen atoms in total. The molecule has 1 aromatic carbocycles. The van der Waals surface area contributed by atoms with Crippen LogP contribution in [0.2, 0.25) is 0 Å². The first-order valence-electron chi connectivity index (χ1n) is 11.8. The van der Waals surface area contributed by atoms with Crippen molar-refractivity contribution in [3.05, 3.63) is 69.0 Å². The number of aromatic amines is 1. The normalized spacial score (nSPS) is 13.7. The number of nitrogens with zero attached hydrogens (tertiary/aromatic N) is 4. The molecule has 3 aromatic rings. The van der Waals surface area contributed by atoms with Gasteiger partial charge in [0.2, 0.25) is 5.91 Å². The van der Waals surface area contributed by atoms with Gasteiger partial charge in [-0.3, -0.25) is 14.2 Å². The van der Waals surface area contributed by atoms with Crippen LogP contribution < -0.4 is 16.1 Å². The summed E-state index contributed by atoms with van der Waals surface area (Å²) in [4.78, 5) is 60.6. The van der Waals surface area contributed by atoms with E-state index in [4.69, 9.17) is 0 Å². The molecule has 2 aromatic heterocycles. The Balaban J connectivity index is 1.25. The number of unbranched alkanes of at least 4 members (excludes halogenated alkanes) is 2. The van der Waals surface area contributed by atoms with Crippen LogP contribution in [0.15, 0.2) is 52.2 Å². The van der Waals surface area contributed by atoms with Gasteiger partial charge in [0.05, 0.1) is 23.6 Å². The molecular weight excluding hydrogens is 450 g/mol. The van der Waals surface area contributed by atoms with E-state index in [1.807, 2.05) is 23.1 Å². The molecule has 1 aliphatic heterocycles. The van der Waals surface area contributed by atoms with Crippen molar-refractivity contribution in [2.75, 3.05) is 38.2 Å². The topological polar surface area (TPSA) is 118 Å². The summed E-state index contributed by atoms with van der Waals surface area (Å²) in [5.74, 6) is 0.525. The highest BCUT2D eigenvalue weighted by Crippen LogP contribution is 2.14. The molecule has 0 unspecified atom stereocenters. The maximum atomic E-state index is 12.8. The fourth-order valence-corrected chi connectivity index (χ4v) is 4.31. The third-order valence-corrected chi connectivity index (χ3v) is 6.28. The number of amides is 1. The Labute approximate surface area is 202 Å². The van der Waals surface area contributed by atoms with Crippen molar-refractivity contribution in [2.24, 2.45) is 0 Å². The Bertz CT molecular complexity index is 1310. The average Bonchev–Trinajstić information content (AvgIpc) is 2.89. The number of aromatic nitrogens is 3. The number of fused-ring (bicyclic) bond motifs is 1. The van der Waals surface area contributed by atoms with Crippen molar-refractivity contribution in [3.63, 3.8) is 0 Å². The summed E-state index contributed by atoms with van der Waals surface area (Å²) < 4.78 is 5.84. The van der Waals surface area contributed by atoms with E-state index >= 15 is 0 Å². The number of benzene rings is 1. The Morgan fingerprint density at radius 2 is 1.83 bits per heavy atom. The lowest BCUT2D eigenvalue weighted by atomic mass is 10.1. The zero-order valence-electron chi connectivity index (χ0n) is 19.7. The maximum Gasteiger partial charge on any atom is 0.337 e. The third-order valence-electron chi connectivity index (χ3n) is 6.28. The number of pyridine rings is 1. The lowest BCUT2D eigenvalue weighted by Crippen LogP contribution is -2.49. The average molecular weight is 480 g/mol. The van der Waals surface area contributed by atoms with Gasteiger partial charge in [0, 0.05) is 45.3 Å². The minimum absolute atomic E-state index is 0.132. The number of carbonyl (C=O) groups excluding carboxylic acids is 2. The molecule has 3 heterocycles. The van der Waals surface area contributed by atoms with Crippen LogP contribution in [0, 0.1) is 0 Å². The van der Waals surface area contributed by atoms with E-state index in [-0.39, 0.29) is 18.0 Å². The molecule has 35 heavy (non-hydrogen) atoms. The lowest BCUT2D eigenvalue weighted by molar-refractivity contribution is -0.131. The zero-order valence-corrected chi connectivity index (χ0v) is 19.7. The molecule has 0 saturated carbocycles. The highest BCUT2D eigenvalue weighted by atomic mass is 16.5. The number of hydrogen-bond acceptors (Lipinski definition) is 7. The lowest BCUT2D eigenvalue weighted by Gasteiger charge is -2.35. The molecule has 0 radical (unpaired) electrons. The van der Waals surface area contributed by atoms with E-state index in [1.165, 1.54) is 29.9 Å². The number of ether oxygens (including phenoxy) is 1. The van der Waals surface area contributed by atoms with E-state index < -0.39 is 17.2 Å². The first-order chi connectivity index (χ1) is 17.0. The number of methoxy groups -OCH3 is 1. The maximum absolute atomic E-state index is 12.8. The molecule has 1 saturated heterocycles. The van der Waals surface area contributed by atoms with Gasteiger partial charge >= 0.3 is 11.7 Å². The summed E-state index contributed by atoms with van der Waals surface area (Å²) in [5, 5.41) is 0.331. The van der Waals surface area contributed by atoms with E-state index in [1.54, 1.807) is 6.20 Å². The fourth-order valence-electron chi connectivity index (χ4n) is 4.31. The minimum Gasteiger partial charge on any atom is -0.465 e. The molecular formula is C25H29N5O5. The van der Waals surface area contributed by atoms with Crippen LogP contribution in [0.3, 0.4) is 0 Å². The van der Waals surface area contributed by atoms with E-state index in [0.717, 1.165) is 25.3 Å². The van der Waals surface area contributed by atoms with Crippen molar-refractivity contribution in [1.29, 1.82) is 0 Å². The summed E-state index contributed by atoms with van der Waals surface area (Å²) in [6, 6.07) is 10.3. The molecule has 1 amide bonds. The molecule has 0 bridgehead atoms. The van der Waals surface area contributed by atoms with Gasteiger partial charge in [-0.15, -0.1) is 0 Å². The summed E-state index contributed by atoms with van der Waals surface area (Å²) in [5.41, 5.74) is -0.364. The highest BCUT2D eigenvalue weighted by Gasteiger charge is 2.21. The van der Waals surface area contributed by atoms with E-state index in [2.05, 4.69) is 19.6 Å². The van der Waals surface area contributed by atoms with Crippen molar-refractivity contribution < 1.29 is 14.3 Å². The van der Waals surface area contributed by atoms with Gasteiger partial charge in [-0.2, -0.15) is 0 Å². The summed E-state index contributed by atoms with van der Waals surface area (Å²) >= 11 is 0. The molecule has 4 rings (SSSR count). The first-order valence-corrected chi connectivity index (χ1v) is 11.8. The predicted molar refractivity (Wildman–Crippen MR) is 132 cm³/mol. The number of esters is 1. The van der Waals surface area contributed by atoms with Gasteiger partial charge < -0.3 is 19.5 Å². The number of nitrogens with one attached hydrogen (secondary N) is 1. The second kappa shape index (κ2) is 11.0. The number of hydrogen-bond donors (Lipinski definition) is 1. The molecule has 0 spiro atoms. The summed E-state index contributed by atoms with van der Waals surface area (Å²) in [6.07, 6.45) is 4.25. The summed E-state index contributed by atoms with van der Waals surface area (Å²) in [6.45, 7) is 3.14. The van der Waals surface area contributed by atoms with E-state index in [9.17, 15) is 19.2 Å². The predicted octanol–water partition coefficient (Wildman–Crippen LogP) is 1.78. The van der Waals surface area contributed by atoms with E-state index in [0.29, 0.717) is 43.3 Å². The van der Waals surface area contributed by atoms with Gasteiger partial charge in [0.25, 0.3) is 5.56 Å². The number of H-pyrrole nitrogens is 1. The molecule has 0 atom stereocenters. The Morgan fingerprint density at radius 1 is 1.03 bits per heavy atom. The van der Waals surface area contributed by atoms with Crippen LogP contribution in [0.1, 0.15) is 36.0 Å².